The molecule has 2 rings (SSSR count). The Kier molecular flexibility index (Phi) is 3.06. The third kappa shape index (κ3) is 3.20. The highest BCUT2D eigenvalue weighted by Crippen LogP contribution is 2.27. The Morgan fingerprint density at radius 2 is 1.82 bits per heavy atom. The Bertz CT molecular complexity index is 518. The van der Waals surface area contributed by atoms with Crippen LogP contribution in [-0.4, -0.2) is 19.7 Å². The van der Waals surface area contributed by atoms with E-state index in [9.17, 15) is 13.2 Å². The van der Waals surface area contributed by atoms with Crippen molar-refractivity contribution in [3.05, 3.63) is 29.8 Å². The van der Waals surface area contributed by atoms with Crippen LogP contribution in [-0.2, 0) is 10.0 Å². The van der Waals surface area contributed by atoms with Gasteiger partial charge >= 0.3 is 6.03 Å². The fourth-order valence-corrected chi connectivity index (χ4v) is 2.62. The van der Waals surface area contributed by atoms with Crippen LogP contribution in [0.25, 0.3) is 0 Å². The summed E-state index contributed by atoms with van der Waals surface area (Å²) in [4.78, 5) is 11.4. The van der Waals surface area contributed by atoms with Gasteiger partial charge in [0.15, 0.2) is 0 Å². The lowest BCUT2D eigenvalue weighted by Gasteiger charge is -2.07. The third-order valence-corrected chi connectivity index (χ3v) is 4.33. The number of aryl methyl sites for hydroxylation is 1. The molecular formula is C11H14N2O3S. The topological polar surface area (TPSA) is 75.3 Å². The molecule has 1 aromatic rings. The number of sulfonamides is 1. The summed E-state index contributed by atoms with van der Waals surface area (Å²) in [5, 5.41) is 2.08. The molecule has 0 unspecified atom stereocenters. The van der Waals surface area contributed by atoms with Gasteiger partial charge in [0, 0.05) is 5.69 Å². The molecule has 2 amide bonds. The van der Waals surface area contributed by atoms with Crippen molar-refractivity contribution >= 4 is 21.7 Å². The number of hydrogen-bond acceptors (Lipinski definition) is 3. The van der Waals surface area contributed by atoms with Gasteiger partial charge in [-0.25, -0.2) is 17.9 Å². The van der Waals surface area contributed by atoms with Crippen molar-refractivity contribution in [1.82, 2.24) is 4.72 Å². The Morgan fingerprint density at radius 3 is 2.35 bits per heavy atom. The second kappa shape index (κ2) is 4.37. The van der Waals surface area contributed by atoms with E-state index in [1.807, 2.05) is 23.8 Å². The average molecular weight is 254 g/mol. The molecule has 0 spiro atoms. The van der Waals surface area contributed by atoms with Crippen LogP contribution in [0.4, 0.5) is 10.5 Å². The molecule has 2 N–H and O–H groups in total. The quantitative estimate of drug-likeness (QED) is 0.860. The van der Waals surface area contributed by atoms with Gasteiger partial charge in [0.25, 0.3) is 0 Å². The van der Waals surface area contributed by atoms with Gasteiger partial charge in [0.1, 0.15) is 0 Å². The van der Waals surface area contributed by atoms with Crippen LogP contribution in [0.15, 0.2) is 24.3 Å². The van der Waals surface area contributed by atoms with Crippen LogP contribution < -0.4 is 10.0 Å². The van der Waals surface area contributed by atoms with Gasteiger partial charge in [0.05, 0.1) is 5.25 Å². The zero-order valence-electron chi connectivity index (χ0n) is 9.43. The number of carbonyl (C=O) groups is 1. The summed E-state index contributed by atoms with van der Waals surface area (Å²) in [6.07, 6.45) is 1.26. The maximum Gasteiger partial charge on any atom is 0.332 e. The number of benzene rings is 1. The van der Waals surface area contributed by atoms with Crippen molar-refractivity contribution < 1.29 is 13.2 Å². The highest BCUT2D eigenvalue weighted by molar-refractivity contribution is 7.90. The lowest BCUT2D eigenvalue weighted by Crippen LogP contribution is -2.36. The van der Waals surface area contributed by atoms with E-state index in [-0.39, 0.29) is 0 Å². The van der Waals surface area contributed by atoms with E-state index in [0.717, 1.165) is 5.56 Å². The first kappa shape index (κ1) is 11.9. The summed E-state index contributed by atoms with van der Waals surface area (Å²) in [7, 11) is -3.48. The third-order valence-electron chi connectivity index (χ3n) is 2.51. The molecule has 0 radical (unpaired) electrons. The van der Waals surface area contributed by atoms with Crippen molar-refractivity contribution in [3.63, 3.8) is 0 Å². The molecule has 1 aliphatic carbocycles. The van der Waals surface area contributed by atoms with E-state index in [4.69, 9.17) is 0 Å². The minimum absolute atomic E-state index is 0.397. The van der Waals surface area contributed by atoms with Gasteiger partial charge < -0.3 is 5.32 Å². The normalized spacial score (nSPS) is 15.4. The number of urea groups is 1. The molecule has 0 aromatic heterocycles. The monoisotopic (exact) mass is 254 g/mol. The van der Waals surface area contributed by atoms with Gasteiger partial charge in [-0.05, 0) is 31.9 Å². The molecule has 0 bridgehead atoms. The molecule has 92 valence electrons. The fourth-order valence-electron chi connectivity index (χ4n) is 1.38. The highest BCUT2D eigenvalue weighted by atomic mass is 32.2. The van der Waals surface area contributed by atoms with E-state index in [1.165, 1.54) is 0 Å². The Hall–Kier alpha value is -1.56. The van der Waals surface area contributed by atoms with Crippen LogP contribution in [0.2, 0.25) is 0 Å². The number of anilines is 1. The van der Waals surface area contributed by atoms with Gasteiger partial charge in [-0.1, -0.05) is 17.7 Å². The first-order chi connectivity index (χ1) is 7.97. The number of nitrogens with one attached hydrogen (secondary N) is 2. The summed E-state index contributed by atoms with van der Waals surface area (Å²) in [5.41, 5.74) is 1.64. The van der Waals surface area contributed by atoms with Crippen molar-refractivity contribution in [2.24, 2.45) is 0 Å². The lowest BCUT2D eigenvalue weighted by atomic mass is 10.2. The molecule has 1 aromatic carbocycles. The average Bonchev–Trinajstić information content (AvgIpc) is 3.04. The maximum absolute atomic E-state index is 11.5. The predicted molar refractivity (Wildman–Crippen MR) is 65.3 cm³/mol. The molecular weight excluding hydrogens is 240 g/mol. The molecule has 1 saturated carbocycles. The van der Waals surface area contributed by atoms with E-state index >= 15 is 0 Å². The van der Waals surface area contributed by atoms with Crippen molar-refractivity contribution in [2.45, 2.75) is 25.0 Å². The Morgan fingerprint density at radius 1 is 1.24 bits per heavy atom. The van der Waals surface area contributed by atoms with Gasteiger partial charge in [-0.3, -0.25) is 0 Å². The second-order valence-electron chi connectivity index (χ2n) is 4.17. The summed E-state index contributed by atoms with van der Waals surface area (Å²) in [5.74, 6) is 0. The Labute approximate surface area is 100 Å². The second-order valence-corrected chi connectivity index (χ2v) is 6.13. The van der Waals surface area contributed by atoms with E-state index in [1.54, 1.807) is 12.1 Å². The largest absolute Gasteiger partial charge is 0.332 e. The van der Waals surface area contributed by atoms with Crippen LogP contribution in [0.5, 0.6) is 0 Å². The van der Waals surface area contributed by atoms with Crippen LogP contribution >= 0.6 is 0 Å². The van der Waals surface area contributed by atoms with Crippen molar-refractivity contribution in [3.8, 4) is 0 Å². The lowest BCUT2D eigenvalue weighted by molar-refractivity contribution is 0.256. The minimum atomic E-state index is -3.48. The molecule has 17 heavy (non-hydrogen) atoms. The first-order valence-electron chi connectivity index (χ1n) is 5.37. The van der Waals surface area contributed by atoms with E-state index in [2.05, 4.69) is 5.32 Å². The fraction of sp³-hybridized carbons (Fsp3) is 0.364. The molecule has 0 saturated heterocycles. The number of rotatable bonds is 3. The van der Waals surface area contributed by atoms with Gasteiger partial charge in [-0.15, -0.1) is 0 Å². The maximum atomic E-state index is 11.5. The van der Waals surface area contributed by atoms with Gasteiger partial charge in [0.2, 0.25) is 10.0 Å². The molecule has 0 aliphatic heterocycles. The zero-order chi connectivity index (χ0) is 12.5. The summed E-state index contributed by atoms with van der Waals surface area (Å²) < 4.78 is 25.0. The SMILES string of the molecule is Cc1ccc(NC(=O)NS(=O)(=O)C2CC2)cc1. The smallest absolute Gasteiger partial charge is 0.307 e. The van der Waals surface area contributed by atoms with Gasteiger partial charge in [-0.2, -0.15) is 0 Å². The number of hydrogen-bond donors (Lipinski definition) is 2. The zero-order valence-corrected chi connectivity index (χ0v) is 10.3. The molecule has 1 aliphatic rings. The van der Waals surface area contributed by atoms with E-state index in [0.29, 0.717) is 18.5 Å². The molecule has 0 heterocycles. The molecule has 6 heteroatoms. The number of carbonyl (C=O) groups excluding carboxylic acids is 1. The minimum Gasteiger partial charge on any atom is -0.307 e. The highest BCUT2D eigenvalue weighted by Gasteiger charge is 2.36. The van der Waals surface area contributed by atoms with Crippen LogP contribution in [0, 0.1) is 6.92 Å². The predicted octanol–water partition coefficient (Wildman–Crippen LogP) is 1.61. The summed E-state index contributed by atoms with van der Waals surface area (Å²) >= 11 is 0. The molecule has 0 atom stereocenters. The van der Waals surface area contributed by atoms with Crippen LogP contribution in [0.1, 0.15) is 18.4 Å². The Balaban J connectivity index is 1.95. The first-order valence-corrected chi connectivity index (χ1v) is 6.91. The van der Waals surface area contributed by atoms with Crippen LogP contribution in [0.3, 0.4) is 0 Å². The summed E-state index contributed by atoms with van der Waals surface area (Å²) in [6.45, 7) is 1.93. The number of amides is 2. The molecule has 1 fully saturated rings. The van der Waals surface area contributed by atoms with E-state index < -0.39 is 21.3 Å². The van der Waals surface area contributed by atoms with Crippen molar-refractivity contribution in [1.29, 1.82) is 0 Å². The molecule has 5 nitrogen and oxygen atoms in total. The van der Waals surface area contributed by atoms with Crippen molar-refractivity contribution in [2.75, 3.05) is 5.32 Å². The standard InChI is InChI=1S/C11H14N2O3S/c1-8-2-4-9(5-3-8)12-11(14)13-17(15,16)10-6-7-10/h2-5,10H,6-7H2,1H3,(H2,12,13,14). The summed E-state index contributed by atoms with van der Waals surface area (Å²) in [6, 6.07) is 6.41.